The zero-order valence-electron chi connectivity index (χ0n) is 6.79. The number of hydrogen-bond acceptors (Lipinski definition) is 4. The third-order valence-electron chi connectivity index (χ3n) is 1.21. The summed E-state index contributed by atoms with van der Waals surface area (Å²) in [7, 11) is 0. The SMILES string of the molecule is Nc1ncc(Cl)nc1C#CCCO. The number of hydrogen-bond donors (Lipinski definition) is 2. The Morgan fingerprint density at radius 3 is 3.08 bits per heavy atom. The minimum Gasteiger partial charge on any atom is -0.395 e. The Balaban J connectivity index is 2.89. The van der Waals surface area contributed by atoms with Gasteiger partial charge in [0.25, 0.3) is 0 Å². The number of nitrogen functional groups attached to an aromatic ring is 1. The van der Waals surface area contributed by atoms with Crippen LogP contribution in [0.25, 0.3) is 0 Å². The molecule has 4 nitrogen and oxygen atoms in total. The monoisotopic (exact) mass is 197 g/mol. The van der Waals surface area contributed by atoms with E-state index in [1.165, 1.54) is 6.20 Å². The fraction of sp³-hybridized carbons (Fsp3) is 0.250. The van der Waals surface area contributed by atoms with Crippen molar-refractivity contribution in [3.63, 3.8) is 0 Å². The number of nitrogens with two attached hydrogens (primary N) is 1. The Bertz CT molecular complexity index is 356. The van der Waals surface area contributed by atoms with Crippen LogP contribution in [0.3, 0.4) is 0 Å². The molecule has 0 bridgehead atoms. The second kappa shape index (κ2) is 4.65. The number of aromatic nitrogens is 2. The topological polar surface area (TPSA) is 72.0 Å². The molecular weight excluding hydrogens is 190 g/mol. The number of nitrogens with zero attached hydrogens (tertiary/aromatic N) is 2. The smallest absolute Gasteiger partial charge is 0.158 e. The van der Waals surface area contributed by atoms with E-state index in [9.17, 15) is 0 Å². The first kappa shape index (κ1) is 9.78. The first-order valence-corrected chi connectivity index (χ1v) is 3.99. The van der Waals surface area contributed by atoms with Crippen LogP contribution in [0.5, 0.6) is 0 Å². The average molecular weight is 198 g/mol. The van der Waals surface area contributed by atoms with Gasteiger partial charge in [-0.25, -0.2) is 9.97 Å². The maximum atomic E-state index is 8.47. The van der Waals surface area contributed by atoms with Crippen molar-refractivity contribution in [3.8, 4) is 11.8 Å². The van der Waals surface area contributed by atoms with E-state index in [4.69, 9.17) is 22.4 Å². The number of halogens is 1. The molecule has 3 N–H and O–H groups in total. The molecule has 1 heterocycles. The summed E-state index contributed by atoms with van der Waals surface area (Å²) < 4.78 is 0. The third-order valence-corrected chi connectivity index (χ3v) is 1.40. The highest BCUT2D eigenvalue weighted by molar-refractivity contribution is 6.29. The molecule has 13 heavy (non-hydrogen) atoms. The van der Waals surface area contributed by atoms with E-state index in [-0.39, 0.29) is 17.6 Å². The van der Waals surface area contributed by atoms with E-state index in [2.05, 4.69) is 21.8 Å². The summed E-state index contributed by atoms with van der Waals surface area (Å²) in [5.41, 5.74) is 5.82. The molecule has 0 aliphatic rings. The van der Waals surface area contributed by atoms with Gasteiger partial charge in [0.05, 0.1) is 12.8 Å². The molecule has 68 valence electrons. The van der Waals surface area contributed by atoms with Crippen LogP contribution in [0.4, 0.5) is 5.82 Å². The highest BCUT2D eigenvalue weighted by atomic mass is 35.5. The third kappa shape index (κ3) is 2.90. The van der Waals surface area contributed by atoms with Gasteiger partial charge in [-0.1, -0.05) is 17.5 Å². The molecule has 0 unspecified atom stereocenters. The first-order chi connectivity index (χ1) is 6.24. The van der Waals surface area contributed by atoms with Gasteiger partial charge >= 0.3 is 0 Å². The Labute approximate surface area is 80.8 Å². The van der Waals surface area contributed by atoms with Crippen LogP contribution in [0.15, 0.2) is 6.20 Å². The van der Waals surface area contributed by atoms with Crippen molar-refractivity contribution in [1.29, 1.82) is 0 Å². The summed E-state index contributed by atoms with van der Waals surface area (Å²) in [6, 6.07) is 0. The first-order valence-electron chi connectivity index (χ1n) is 3.62. The van der Waals surface area contributed by atoms with Gasteiger partial charge in [-0.05, 0) is 5.92 Å². The van der Waals surface area contributed by atoms with Gasteiger partial charge in [0.2, 0.25) is 0 Å². The van der Waals surface area contributed by atoms with Crippen LogP contribution < -0.4 is 5.73 Å². The molecule has 5 heteroatoms. The Morgan fingerprint density at radius 1 is 1.62 bits per heavy atom. The van der Waals surface area contributed by atoms with Crippen LogP contribution >= 0.6 is 11.6 Å². The molecule has 0 saturated heterocycles. The predicted molar refractivity (Wildman–Crippen MR) is 50.0 cm³/mol. The van der Waals surface area contributed by atoms with Crippen LogP contribution in [0, 0.1) is 11.8 Å². The molecule has 0 aliphatic heterocycles. The maximum Gasteiger partial charge on any atom is 0.158 e. The van der Waals surface area contributed by atoms with Gasteiger partial charge in [0, 0.05) is 6.42 Å². The fourth-order valence-electron chi connectivity index (χ4n) is 0.671. The van der Waals surface area contributed by atoms with E-state index in [0.717, 1.165) is 0 Å². The number of aliphatic hydroxyl groups excluding tert-OH is 1. The molecule has 0 radical (unpaired) electrons. The fourth-order valence-corrected chi connectivity index (χ4v) is 0.804. The van der Waals surface area contributed by atoms with Gasteiger partial charge in [-0.15, -0.1) is 0 Å². The molecular formula is C8H8ClN3O. The van der Waals surface area contributed by atoms with Crippen LogP contribution in [0.1, 0.15) is 12.1 Å². The number of aliphatic hydroxyl groups is 1. The highest BCUT2D eigenvalue weighted by Gasteiger charge is 1.98. The van der Waals surface area contributed by atoms with Gasteiger partial charge < -0.3 is 10.8 Å². The summed E-state index contributed by atoms with van der Waals surface area (Å²) in [6.45, 7) is 0.0148. The Kier molecular flexibility index (Phi) is 3.50. The molecule has 1 aromatic rings. The van der Waals surface area contributed by atoms with E-state index in [1.54, 1.807) is 0 Å². The molecule has 1 aromatic heterocycles. The molecule has 0 spiro atoms. The van der Waals surface area contributed by atoms with Crippen molar-refractivity contribution in [2.24, 2.45) is 0 Å². The van der Waals surface area contributed by atoms with E-state index in [0.29, 0.717) is 12.1 Å². The predicted octanol–water partition coefficient (Wildman–Crippen LogP) is 0.446. The molecule has 0 fully saturated rings. The maximum absolute atomic E-state index is 8.47. The van der Waals surface area contributed by atoms with Crippen molar-refractivity contribution in [2.45, 2.75) is 6.42 Å². The molecule has 0 aliphatic carbocycles. The van der Waals surface area contributed by atoms with Crippen molar-refractivity contribution in [1.82, 2.24) is 9.97 Å². The summed E-state index contributed by atoms with van der Waals surface area (Å²) in [6.07, 6.45) is 1.74. The van der Waals surface area contributed by atoms with Gasteiger partial charge in [-0.2, -0.15) is 0 Å². The number of anilines is 1. The quantitative estimate of drug-likeness (QED) is 0.641. The summed E-state index contributed by atoms with van der Waals surface area (Å²) in [5.74, 6) is 5.59. The zero-order valence-corrected chi connectivity index (χ0v) is 7.54. The lowest BCUT2D eigenvalue weighted by Crippen LogP contribution is -1.97. The van der Waals surface area contributed by atoms with Crippen molar-refractivity contribution in [2.75, 3.05) is 12.3 Å². The molecule has 0 aromatic carbocycles. The minimum absolute atomic E-state index is 0.0148. The van der Waals surface area contributed by atoms with Crippen molar-refractivity contribution >= 4 is 17.4 Å². The van der Waals surface area contributed by atoms with Crippen LogP contribution in [-0.4, -0.2) is 21.7 Å². The van der Waals surface area contributed by atoms with E-state index < -0.39 is 0 Å². The van der Waals surface area contributed by atoms with Crippen LogP contribution in [0.2, 0.25) is 5.15 Å². The number of rotatable bonds is 1. The molecule has 0 saturated carbocycles. The lowest BCUT2D eigenvalue weighted by molar-refractivity contribution is 0.305. The van der Waals surface area contributed by atoms with E-state index in [1.807, 2.05) is 0 Å². The van der Waals surface area contributed by atoms with Gasteiger partial charge in [-0.3, -0.25) is 0 Å². The minimum atomic E-state index is 0.0148. The second-order valence-electron chi connectivity index (χ2n) is 2.20. The van der Waals surface area contributed by atoms with Crippen molar-refractivity contribution < 1.29 is 5.11 Å². The largest absolute Gasteiger partial charge is 0.395 e. The van der Waals surface area contributed by atoms with Gasteiger partial charge in [0.15, 0.2) is 11.5 Å². The molecule has 0 amide bonds. The highest BCUT2D eigenvalue weighted by Crippen LogP contribution is 2.07. The lowest BCUT2D eigenvalue weighted by Gasteiger charge is -1.95. The van der Waals surface area contributed by atoms with Crippen LogP contribution in [-0.2, 0) is 0 Å². The molecule has 0 atom stereocenters. The molecule has 1 rings (SSSR count). The summed E-state index contributed by atoms with van der Waals surface area (Å²) in [4.78, 5) is 7.64. The second-order valence-corrected chi connectivity index (χ2v) is 2.59. The lowest BCUT2D eigenvalue weighted by atomic mass is 10.3. The Morgan fingerprint density at radius 2 is 2.38 bits per heavy atom. The van der Waals surface area contributed by atoms with E-state index >= 15 is 0 Å². The average Bonchev–Trinajstić information content (AvgIpc) is 2.11. The Hall–Kier alpha value is -1.31. The van der Waals surface area contributed by atoms with Crippen molar-refractivity contribution in [3.05, 3.63) is 17.0 Å². The standard InChI is InChI=1S/C8H8ClN3O/c9-7-5-11-8(10)6(12-7)3-1-2-4-13/h5,13H,2,4H2,(H2,10,11). The zero-order chi connectivity index (χ0) is 9.68. The normalized spacial score (nSPS) is 9.08. The van der Waals surface area contributed by atoms with Gasteiger partial charge in [0.1, 0.15) is 5.15 Å². The summed E-state index contributed by atoms with van der Waals surface area (Å²) >= 11 is 5.58. The summed E-state index contributed by atoms with van der Waals surface area (Å²) in [5, 5.41) is 8.72.